The van der Waals surface area contributed by atoms with Gasteiger partial charge in [0, 0.05) is 46.4 Å². The maximum absolute atomic E-state index is 13.3. The molecular weight excluding hydrogens is 402 g/mol. The molecular formula is C22H33N3O4S. The Bertz CT molecular complexity index is 873. The predicted octanol–water partition coefficient (Wildman–Crippen LogP) is 1.51. The zero-order valence-electron chi connectivity index (χ0n) is 17.9. The van der Waals surface area contributed by atoms with E-state index in [-0.39, 0.29) is 11.9 Å². The monoisotopic (exact) mass is 435 g/mol. The third-order valence-corrected chi connectivity index (χ3v) is 8.62. The van der Waals surface area contributed by atoms with E-state index in [0.717, 1.165) is 45.2 Å². The molecule has 0 N–H and O–H groups in total. The molecule has 0 radical (unpaired) electrons. The van der Waals surface area contributed by atoms with Crippen LogP contribution >= 0.6 is 0 Å². The number of nitrogens with zero attached hydrogens (tertiary/aromatic N) is 3. The highest BCUT2D eigenvalue weighted by Crippen LogP contribution is 2.27. The third-order valence-electron chi connectivity index (χ3n) is 6.72. The molecule has 30 heavy (non-hydrogen) atoms. The van der Waals surface area contributed by atoms with Crippen molar-refractivity contribution in [2.45, 2.75) is 49.5 Å². The van der Waals surface area contributed by atoms with Crippen LogP contribution in [-0.4, -0.2) is 87.5 Å². The molecule has 1 unspecified atom stereocenters. The van der Waals surface area contributed by atoms with E-state index in [4.69, 9.17) is 4.74 Å². The second-order valence-corrected chi connectivity index (χ2v) is 10.5. The maximum Gasteiger partial charge on any atom is 0.243 e. The van der Waals surface area contributed by atoms with Crippen molar-refractivity contribution < 1.29 is 17.9 Å². The third kappa shape index (κ3) is 4.42. The van der Waals surface area contributed by atoms with Crippen LogP contribution in [0.5, 0.6) is 0 Å². The summed E-state index contributed by atoms with van der Waals surface area (Å²) in [6.45, 7) is 4.21. The van der Waals surface area contributed by atoms with E-state index < -0.39 is 10.0 Å². The van der Waals surface area contributed by atoms with Gasteiger partial charge >= 0.3 is 0 Å². The molecule has 2 fully saturated rings. The van der Waals surface area contributed by atoms with Crippen LogP contribution in [0.25, 0.3) is 0 Å². The molecule has 1 atom stereocenters. The van der Waals surface area contributed by atoms with Gasteiger partial charge in [0.2, 0.25) is 15.9 Å². The number of ether oxygens (including phenoxy) is 1. The van der Waals surface area contributed by atoms with Crippen LogP contribution in [0.3, 0.4) is 0 Å². The molecule has 4 rings (SSSR count). The molecule has 1 amide bonds. The van der Waals surface area contributed by atoms with E-state index in [0.29, 0.717) is 37.7 Å². The van der Waals surface area contributed by atoms with Crippen molar-refractivity contribution in [2.24, 2.45) is 0 Å². The number of benzene rings is 1. The van der Waals surface area contributed by atoms with Crippen LogP contribution < -0.4 is 0 Å². The Labute approximate surface area is 180 Å². The summed E-state index contributed by atoms with van der Waals surface area (Å²) in [5.74, 6) is 0.151. The normalized spacial score (nSPS) is 24.1. The summed E-state index contributed by atoms with van der Waals surface area (Å²) in [6, 6.07) is 5.53. The largest absolute Gasteiger partial charge is 0.383 e. The van der Waals surface area contributed by atoms with E-state index >= 15 is 0 Å². The van der Waals surface area contributed by atoms with Crippen molar-refractivity contribution in [3.05, 3.63) is 29.3 Å². The maximum atomic E-state index is 13.3. The lowest BCUT2D eigenvalue weighted by Gasteiger charge is -2.26. The lowest BCUT2D eigenvalue weighted by molar-refractivity contribution is -0.132. The second kappa shape index (κ2) is 9.34. The molecule has 1 aliphatic carbocycles. The number of methoxy groups -OCH3 is 1. The molecule has 8 heteroatoms. The summed E-state index contributed by atoms with van der Waals surface area (Å²) in [5.41, 5.74) is 2.48. The Morgan fingerprint density at radius 1 is 1.00 bits per heavy atom. The molecule has 2 saturated heterocycles. The number of hydrogen-bond acceptors (Lipinski definition) is 5. The molecule has 2 aliphatic heterocycles. The van der Waals surface area contributed by atoms with Crippen molar-refractivity contribution in [3.8, 4) is 0 Å². The summed E-state index contributed by atoms with van der Waals surface area (Å²) in [5, 5.41) is 0. The number of aryl methyl sites for hydroxylation is 2. The standard InChI is InChI=1S/C22H33N3O4S/c1-29-16-15-24-12-9-21(22(24)26)23-10-4-11-25(14-13-23)30(27,28)20-8-7-18-5-2-3-6-19(18)17-20/h7-8,17,21H,2-6,9-16H2,1H3. The van der Waals surface area contributed by atoms with Crippen LogP contribution in [0.2, 0.25) is 0 Å². The zero-order chi connectivity index (χ0) is 21.1. The minimum absolute atomic E-state index is 0.131. The van der Waals surface area contributed by atoms with Crippen LogP contribution in [0.4, 0.5) is 0 Å². The molecule has 3 aliphatic rings. The molecule has 0 spiro atoms. The summed E-state index contributed by atoms with van der Waals surface area (Å²) in [4.78, 5) is 17.2. The highest BCUT2D eigenvalue weighted by Gasteiger charge is 2.37. The van der Waals surface area contributed by atoms with Crippen molar-refractivity contribution in [3.63, 3.8) is 0 Å². The highest BCUT2D eigenvalue weighted by molar-refractivity contribution is 7.89. The Hall–Kier alpha value is -1.48. The smallest absolute Gasteiger partial charge is 0.243 e. The van der Waals surface area contributed by atoms with Gasteiger partial charge in [-0.05, 0) is 61.8 Å². The fourth-order valence-corrected chi connectivity index (χ4v) is 6.49. The number of fused-ring (bicyclic) bond motifs is 1. The predicted molar refractivity (Wildman–Crippen MR) is 115 cm³/mol. The number of sulfonamides is 1. The lowest BCUT2D eigenvalue weighted by Crippen LogP contribution is -2.44. The number of rotatable bonds is 6. The van der Waals surface area contributed by atoms with Crippen LogP contribution in [0.15, 0.2) is 23.1 Å². The van der Waals surface area contributed by atoms with Gasteiger partial charge in [0.15, 0.2) is 0 Å². The quantitative estimate of drug-likeness (QED) is 0.678. The Morgan fingerprint density at radius 2 is 1.80 bits per heavy atom. The van der Waals surface area contributed by atoms with Crippen LogP contribution in [-0.2, 0) is 32.4 Å². The summed E-state index contributed by atoms with van der Waals surface area (Å²) in [7, 11) is -1.86. The molecule has 166 valence electrons. The topological polar surface area (TPSA) is 70.2 Å². The number of amides is 1. The first-order chi connectivity index (χ1) is 14.5. The number of hydrogen-bond donors (Lipinski definition) is 0. The Kier molecular flexibility index (Phi) is 6.77. The van der Waals surface area contributed by atoms with E-state index in [1.165, 1.54) is 17.5 Å². The minimum Gasteiger partial charge on any atom is -0.383 e. The van der Waals surface area contributed by atoms with Gasteiger partial charge in [-0.1, -0.05) is 6.07 Å². The zero-order valence-corrected chi connectivity index (χ0v) is 18.7. The number of likely N-dealkylation sites (tertiary alicyclic amines) is 1. The average molecular weight is 436 g/mol. The number of carbonyl (C=O) groups excluding carboxylic acids is 1. The first-order valence-corrected chi connectivity index (χ1v) is 12.6. The van der Waals surface area contributed by atoms with Crippen molar-refractivity contribution in [2.75, 3.05) is 53.0 Å². The average Bonchev–Trinajstić information content (AvgIpc) is 2.96. The molecule has 0 bridgehead atoms. The van der Waals surface area contributed by atoms with Gasteiger partial charge in [-0.15, -0.1) is 0 Å². The van der Waals surface area contributed by atoms with Gasteiger partial charge in [-0.3, -0.25) is 9.69 Å². The highest BCUT2D eigenvalue weighted by atomic mass is 32.2. The van der Waals surface area contributed by atoms with E-state index in [1.54, 1.807) is 17.5 Å². The van der Waals surface area contributed by atoms with Crippen molar-refractivity contribution >= 4 is 15.9 Å². The van der Waals surface area contributed by atoms with E-state index in [9.17, 15) is 13.2 Å². The summed E-state index contributed by atoms with van der Waals surface area (Å²) < 4.78 is 33.3. The molecule has 2 heterocycles. The fraction of sp³-hybridized carbons (Fsp3) is 0.682. The van der Waals surface area contributed by atoms with Gasteiger partial charge in [-0.2, -0.15) is 4.31 Å². The summed E-state index contributed by atoms with van der Waals surface area (Å²) in [6.07, 6.45) is 5.88. The van der Waals surface area contributed by atoms with Gasteiger partial charge < -0.3 is 9.64 Å². The number of carbonyl (C=O) groups is 1. The first-order valence-electron chi connectivity index (χ1n) is 11.1. The van der Waals surface area contributed by atoms with Gasteiger partial charge in [0.25, 0.3) is 0 Å². The SMILES string of the molecule is COCCN1CCC(N2CCCN(S(=O)(=O)c3ccc4c(c3)CCCC4)CC2)C1=O. The Balaban J connectivity index is 1.42. The molecule has 1 aromatic rings. The Morgan fingerprint density at radius 3 is 2.60 bits per heavy atom. The van der Waals surface area contributed by atoms with E-state index in [1.807, 2.05) is 17.0 Å². The molecule has 0 saturated carbocycles. The van der Waals surface area contributed by atoms with Gasteiger partial charge in [0.1, 0.15) is 0 Å². The molecule has 7 nitrogen and oxygen atoms in total. The van der Waals surface area contributed by atoms with Crippen molar-refractivity contribution in [1.29, 1.82) is 0 Å². The fourth-order valence-electron chi connectivity index (χ4n) is 4.97. The van der Waals surface area contributed by atoms with Gasteiger partial charge in [0.05, 0.1) is 17.5 Å². The molecule has 1 aromatic carbocycles. The van der Waals surface area contributed by atoms with Crippen molar-refractivity contribution in [1.82, 2.24) is 14.1 Å². The minimum atomic E-state index is -3.51. The summed E-state index contributed by atoms with van der Waals surface area (Å²) >= 11 is 0. The first kappa shape index (κ1) is 21.7. The molecule has 0 aromatic heterocycles. The van der Waals surface area contributed by atoms with Crippen LogP contribution in [0, 0.1) is 0 Å². The second-order valence-electron chi connectivity index (χ2n) is 8.55. The lowest BCUT2D eigenvalue weighted by atomic mass is 9.92. The van der Waals surface area contributed by atoms with Crippen LogP contribution in [0.1, 0.15) is 36.8 Å². The van der Waals surface area contributed by atoms with Gasteiger partial charge in [-0.25, -0.2) is 8.42 Å². The van der Waals surface area contributed by atoms with E-state index in [2.05, 4.69) is 4.90 Å².